The molecule has 6 heteroatoms. The number of hydrogen-bond donors (Lipinski definition) is 1. The second-order valence-electron chi connectivity index (χ2n) is 3.86. The summed E-state index contributed by atoms with van der Waals surface area (Å²) in [5.74, 6) is -0.611. The molecule has 4 nitrogen and oxygen atoms in total. The van der Waals surface area contributed by atoms with Crippen LogP contribution in [-0.4, -0.2) is 19.5 Å². The normalized spacial score (nSPS) is 14.7. The van der Waals surface area contributed by atoms with Crippen molar-refractivity contribution in [1.82, 2.24) is 0 Å². The Morgan fingerprint density at radius 1 is 1.29 bits per heavy atom. The molecule has 1 fully saturated rings. The fourth-order valence-corrected chi connectivity index (χ4v) is 1.80. The summed E-state index contributed by atoms with van der Waals surface area (Å²) in [6.07, 6.45) is 1.80. The molecular formula is C11H13ClO4S. The van der Waals surface area contributed by atoms with E-state index in [-0.39, 0.29) is 10.8 Å². The highest BCUT2D eigenvalue weighted by Crippen LogP contribution is 2.28. The quantitative estimate of drug-likeness (QED) is 0.842. The third-order valence-corrected chi connectivity index (χ3v) is 3.60. The molecule has 0 bridgehead atoms. The number of carboxylic acids is 1. The minimum absolute atomic E-state index is 0.0185. The van der Waals surface area contributed by atoms with E-state index in [1.165, 1.54) is 12.1 Å². The molecule has 0 aliphatic heterocycles. The topological polar surface area (TPSA) is 71.4 Å². The first-order valence-corrected chi connectivity index (χ1v) is 7.36. The van der Waals surface area contributed by atoms with Gasteiger partial charge >= 0.3 is 5.97 Å². The second kappa shape index (κ2) is 5.51. The van der Waals surface area contributed by atoms with Crippen molar-refractivity contribution < 1.29 is 18.3 Å². The summed E-state index contributed by atoms with van der Waals surface area (Å²) in [7, 11) is 1.54. The van der Waals surface area contributed by atoms with Crippen LogP contribution in [0.4, 0.5) is 0 Å². The van der Waals surface area contributed by atoms with Crippen molar-refractivity contribution in [3.63, 3.8) is 0 Å². The molecule has 0 radical (unpaired) electrons. The molecule has 1 N–H and O–H groups in total. The van der Waals surface area contributed by atoms with Gasteiger partial charge < -0.3 is 5.11 Å². The zero-order chi connectivity index (χ0) is 13.1. The lowest BCUT2D eigenvalue weighted by Crippen LogP contribution is -1.94. The predicted molar refractivity (Wildman–Crippen MR) is 64.6 cm³/mol. The Morgan fingerprint density at radius 3 is 2.00 bits per heavy atom. The standard InChI is InChI=1S/C7H7ClO2S.C4H6O2/c1-6-2-4-7(5-3-6)11(8,9)10;5-4(6)3-1-2-3/h2-5H,1H3;3H,1-2H2,(H,5,6). The van der Waals surface area contributed by atoms with E-state index in [9.17, 15) is 13.2 Å². The van der Waals surface area contributed by atoms with Gasteiger partial charge in [0.2, 0.25) is 0 Å². The maximum Gasteiger partial charge on any atom is 0.306 e. The van der Waals surface area contributed by atoms with E-state index in [2.05, 4.69) is 0 Å². The fourth-order valence-electron chi connectivity index (χ4n) is 1.03. The molecule has 0 saturated heterocycles. The van der Waals surface area contributed by atoms with Crippen LogP contribution in [0, 0.1) is 12.8 Å². The van der Waals surface area contributed by atoms with Gasteiger partial charge in [-0.15, -0.1) is 0 Å². The maximum atomic E-state index is 10.7. The Kier molecular flexibility index (Phi) is 4.54. The number of rotatable bonds is 2. The van der Waals surface area contributed by atoms with Crippen LogP contribution in [0.1, 0.15) is 18.4 Å². The van der Waals surface area contributed by atoms with E-state index in [1.54, 1.807) is 12.1 Å². The Morgan fingerprint density at radius 2 is 1.76 bits per heavy atom. The lowest BCUT2D eigenvalue weighted by molar-refractivity contribution is -0.138. The molecule has 0 unspecified atom stereocenters. The van der Waals surface area contributed by atoms with Crippen molar-refractivity contribution in [2.45, 2.75) is 24.7 Å². The van der Waals surface area contributed by atoms with Gasteiger partial charge in [-0.1, -0.05) is 17.7 Å². The highest BCUT2D eigenvalue weighted by atomic mass is 35.7. The molecule has 94 valence electrons. The number of carboxylic acid groups (broad SMARTS) is 1. The Labute approximate surface area is 105 Å². The molecular weight excluding hydrogens is 264 g/mol. The van der Waals surface area contributed by atoms with Crippen molar-refractivity contribution in [3.8, 4) is 0 Å². The van der Waals surface area contributed by atoms with E-state index in [0.29, 0.717) is 0 Å². The summed E-state index contributed by atoms with van der Waals surface area (Å²) in [6.45, 7) is 1.88. The smallest absolute Gasteiger partial charge is 0.306 e. The number of aryl methyl sites for hydroxylation is 1. The predicted octanol–water partition coefficient (Wildman–Crippen LogP) is 2.40. The molecule has 1 aliphatic carbocycles. The second-order valence-corrected chi connectivity index (χ2v) is 6.43. The molecule has 0 amide bonds. The largest absolute Gasteiger partial charge is 0.481 e. The maximum absolute atomic E-state index is 10.7. The van der Waals surface area contributed by atoms with Crippen LogP contribution in [0.3, 0.4) is 0 Å². The average molecular weight is 277 g/mol. The van der Waals surface area contributed by atoms with Gasteiger partial charge in [0.05, 0.1) is 10.8 Å². The Balaban J connectivity index is 0.000000202. The molecule has 1 saturated carbocycles. The summed E-state index contributed by atoms with van der Waals surface area (Å²) >= 11 is 0. The minimum atomic E-state index is -3.55. The van der Waals surface area contributed by atoms with Gasteiger partial charge in [-0.05, 0) is 31.9 Å². The SMILES string of the molecule is Cc1ccc(S(=O)(=O)Cl)cc1.O=C(O)C1CC1. The van der Waals surface area contributed by atoms with Gasteiger partial charge in [0.25, 0.3) is 9.05 Å². The highest BCUT2D eigenvalue weighted by Gasteiger charge is 2.28. The van der Waals surface area contributed by atoms with Crippen LogP contribution < -0.4 is 0 Å². The third kappa shape index (κ3) is 5.19. The van der Waals surface area contributed by atoms with Crippen molar-refractivity contribution in [1.29, 1.82) is 0 Å². The molecule has 2 rings (SSSR count). The van der Waals surface area contributed by atoms with E-state index in [4.69, 9.17) is 15.8 Å². The van der Waals surface area contributed by atoms with Crippen LogP contribution in [-0.2, 0) is 13.8 Å². The van der Waals surface area contributed by atoms with Crippen molar-refractivity contribution in [2.24, 2.45) is 5.92 Å². The van der Waals surface area contributed by atoms with Gasteiger partial charge in [-0.2, -0.15) is 0 Å². The summed E-state index contributed by atoms with van der Waals surface area (Å²) in [5.41, 5.74) is 1.01. The van der Waals surface area contributed by atoms with Crippen molar-refractivity contribution in [3.05, 3.63) is 29.8 Å². The van der Waals surface area contributed by atoms with Gasteiger partial charge in [-0.3, -0.25) is 4.79 Å². The van der Waals surface area contributed by atoms with Crippen molar-refractivity contribution in [2.75, 3.05) is 0 Å². The zero-order valence-electron chi connectivity index (χ0n) is 9.26. The van der Waals surface area contributed by atoms with Crippen LogP contribution in [0.15, 0.2) is 29.2 Å². The molecule has 1 aliphatic rings. The van der Waals surface area contributed by atoms with Gasteiger partial charge in [0.1, 0.15) is 0 Å². The summed E-state index contributed by atoms with van der Waals surface area (Å²) in [4.78, 5) is 9.90. The van der Waals surface area contributed by atoms with E-state index < -0.39 is 15.0 Å². The van der Waals surface area contributed by atoms with E-state index >= 15 is 0 Å². The van der Waals surface area contributed by atoms with E-state index in [0.717, 1.165) is 18.4 Å². The fraction of sp³-hybridized carbons (Fsp3) is 0.364. The highest BCUT2D eigenvalue weighted by molar-refractivity contribution is 8.13. The Bertz CT molecular complexity index is 489. The first-order chi connectivity index (χ1) is 7.80. The zero-order valence-corrected chi connectivity index (χ0v) is 10.8. The monoisotopic (exact) mass is 276 g/mol. The number of benzene rings is 1. The van der Waals surface area contributed by atoms with E-state index in [1.807, 2.05) is 6.92 Å². The number of aliphatic carboxylic acids is 1. The Hall–Kier alpha value is -1.07. The lowest BCUT2D eigenvalue weighted by Gasteiger charge is -1.94. The third-order valence-electron chi connectivity index (χ3n) is 2.23. The molecule has 0 heterocycles. The molecule has 17 heavy (non-hydrogen) atoms. The number of carbonyl (C=O) groups is 1. The first kappa shape index (κ1) is 14.0. The number of hydrogen-bond acceptors (Lipinski definition) is 3. The summed E-state index contributed by atoms with van der Waals surface area (Å²) in [6, 6.07) is 6.37. The van der Waals surface area contributed by atoms with Gasteiger partial charge in [-0.25, -0.2) is 8.42 Å². The van der Waals surface area contributed by atoms with Crippen LogP contribution in [0.2, 0.25) is 0 Å². The van der Waals surface area contributed by atoms with Crippen molar-refractivity contribution >= 4 is 25.7 Å². The van der Waals surface area contributed by atoms with Crippen LogP contribution in [0.5, 0.6) is 0 Å². The van der Waals surface area contributed by atoms with Gasteiger partial charge in [0.15, 0.2) is 0 Å². The molecule has 1 aromatic rings. The summed E-state index contributed by atoms with van der Waals surface area (Å²) in [5, 5.41) is 8.05. The number of halogens is 1. The van der Waals surface area contributed by atoms with Gasteiger partial charge in [0, 0.05) is 10.7 Å². The average Bonchev–Trinajstić information content (AvgIpc) is 3.00. The molecule has 0 spiro atoms. The summed E-state index contributed by atoms with van der Waals surface area (Å²) < 4.78 is 21.4. The minimum Gasteiger partial charge on any atom is -0.481 e. The lowest BCUT2D eigenvalue weighted by atomic mass is 10.2. The molecule has 0 aromatic heterocycles. The molecule has 1 aromatic carbocycles. The first-order valence-electron chi connectivity index (χ1n) is 5.05. The van der Waals surface area contributed by atoms with Crippen LogP contribution in [0.25, 0.3) is 0 Å². The van der Waals surface area contributed by atoms with Crippen LogP contribution >= 0.6 is 10.7 Å². The molecule has 0 atom stereocenters.